The van der Waals surface area contributed by atoms with E-state index in [4.69, 9.17) is 0 Å². The molecule has 1 saturated heterocycles. The lowest BCUT2D eigenvalue weighted by Crippen LogP contribution is -2.32. The van der Waals surface area contributed by atoms with Gasteiger partial charge in [-0.1, -0.05) is 0 Å². The summed E-state index contributed by atoms with van der Waals surface area (Å²) in [6.07, 6.45) is 5.96. The molecule has 0 aliphatic carbocycles. The summed E-state index contributed by atoms with van der Waals surface area (Å²) < 4.78 is 0. The molecule has 1 aliphatic rings. The van der Waals surface area contributed by atoms with Gasteiger partial charge in [-0.05, 0) is 31.4 Å². The van der Waals surface area contributed by atoms with Crippen molar-refractivity contribution in [2.45, 2.75) is 25.8 Å². The molecule has 76 valence electrons. The maximum atomic E-state index is 9.23. The minimum atomic E-state index is 0.252. The van der Waals surface area contributed by atoms with Crippen LogP contribution >= 0.6 is 0 Å². The normalized spacial score (nSPS) is 21.6. The summed E-state index contributed by atoms with van der Waals surface area (Å²) in [5.41, 5.74) is 2.41. The molecule has 3 heteroatoms. The Morgan fingerprint density at radius 1 is 1.64 bits per heavy atom. The first-order valence-corrected chi connectivity index (χ1v) is 5.11. The van der Waals surface area contributed by atoms with E-state index in [2.05, 4.69) is 16.8 Å². The molecule has 0 spiro atoms. The first-order chi connectivity index (χ1) is 6.83. The Morgan fingerprint density at radius 2 is 2.50 bits per heavy atom. The lowest BCUT2D eigenvalue weighted by atomic mass is 10.2. The topological polar surface area (TPSA) is 36.4 Å². The third-order valence-corrected chi connectivity index (χ3v) is 2.89. The van der Waals surface area contributed by atoms with Crippen molar-refractivity contribution >= 4 is 5.69 Å². The quantitative estimate of drug-likeness (QED) is 0.768. The molecule has 0 saturated carbocycles. The maximum Gasteiger partial charge on any atom is 0.0635 e. The Morgan fingerprint density at radius 3 is 3.21 bits per heavy atom. The van der Waals surface area contributed by atoms with Crippen LogP contribution in [-0.2, 0) is 0 Å². The molecule has 1 fully saturated rings. The second kappa shape index (κ2) is 3.96. The lowest BCUT2D eigenvalue weighted by molar-refractivity contribution is 0.266. The van der Waals surface area contributed by atoms with E-state index < -0.39 is 0 Å². The smallest absolute Gasteiger partial charge is 0.0635 e. The van der Waals surface area contributed by atoms with Crippen molar-refractivity contribution < 1.29 is 5.11 Å². The van der Waals surface area contributed by atoms with E-state index in [0.717, 1.165) is 13.0 Å². The number of hydrogen-bond donors (Lipinski definition) is 1. The highest BCUT2D eigenvalue weighted by Crippen LogP contribution is 2.27. The van der Waals surface area contributed by atoms with E-state index in [0.29, 0.717) is 6.04 Å². The second-order valence-electron chi connectivity index (χ2n) is 3.83. The molecule has 14 heavy (non-hydrogen) atoms. The predicted molar refractivity (Wildman–Crippen MR) is 56.4 cm³/mol. The monoisotopic (exact) mass is 192 g/mol. The van der Waals surface area contributed by atoms with Crippen LogP contribution in [0.4, 0.5) is 5.69 Å². The van der Waals surface area contributed by atoms with Crippen LogP contribution in [0.2, 0.25) is 0 Å². The summed E-state index contributed by atoms with van der Waals surface area (Å²) >= 11 is 0. The summed E-state index contributed by atoms with van der Waals surface area (Å²) in [5, 5.41) is 9.23. The fraction of sp³-hybridized carbons (Fsp3) is 0.545. The average Bonchev–Trinajstić information content (AvgIpc) is 2.66. The number of aliphatic hydroxyl groups excluding tert-OH is 1. The van der Waals surface area contributed by atoms with Gasteiger partial charge in [0.2, 0.25) is 0 Å². The standard InChI is InChI=1S/C11H16N2O/c1-9-7-12-5-4-11(9)13-6-2-3-10(13)8-14/h4-5,7,10,14H,2-3,6,8H2,1H3. The van der Waals surface area contributed by atoms with Gasteiger partial charge in [0.1, 0.15) is 0 Å². The third-order valence-electron chi connectivity index (χ3n) is 2.89. The van der Waals surface area contributed by atoms with Crippen molar-refractivity contribution in [1.29, 1.82) is 0 Å². The van der Waals surface area contributed by atoms with E-state index in [1.807, 2.05) is 18.5 Å². The number of pyridine rings is 1. The van der Waals surface area contributed by atoms with Crippen LogP contribution in [0.1, 0.15) is 18.4 Å². The predicted octanol–water partition coefficient (Wildman–Crippen LogP) is 1.35. The molecule has 0 bridgehead atoms. The molecule has 0 amide bonds. The van der Waals surface area contributed by atoms with Gasteiger partial charge < -0.3 is 10.0 Å². The molecule has 1 aromatic rings. The number of aliphatic hydroxyl groups is 1. The van der Waals surface area contributed by atoms with Crippen molar-refractivity contribution in [3.8, 4) is 0 Å². The molecule has 1 aliphatic heterocycles. The van der Waals surface area contributed by atoms with Crippen LogP contribution in [0, 0.1) is 6.92 Å². The van der Waals surface area contributed by atoms with Gasteiger partial charge in [-0.2, -0.15) is 0 Å². The Kier molecular flexibility index (Phi) is 2.68. The highest BCUT2D eigenvalue weighted by molar-refractivity contribution is 5.53. The van der Waals surface area contributed by atoms with E-state index in [-0.39, 0.29) is 6.61 Å². The van der Waals surface area contributed by atoms with Crippen molar-refractivity contribution in [3.05, 3.63) is 24.0 Å². The molecule has 2 rings (SSSR count). The van der Waals surface area contributed by atoms with Crippen molar-refractivity contribution in [2.75, 3.05) is 18.1 Å². The largest absolute Gasteiger partial charge is 0.394 e. The van der Waals surface area contributed by atoms with Crippen LogP contribution in [0.5, 0.6) is 0 Å². The molecule has 1 aromatic heterocycles. The Labute approximate surface area is 84.4 Å². The van der Waals surface area contributed by atoms with E-state index in [1.54, 1.807) is 0 Å². The molecule has 1 unspecified atom stereocenters. The first-order valence-electron chi connectivity index (χ1n) is 5.11. The van der Waals surface area contributed by atoms with Gasteiger partial charge in [0.05, 0.1) is 12.6 Å². The number of nitrogens with zero attached hydrogens (tertiary/aromatic N) is 2. The zero-order valence-corrected chi connectivity index (χ0v) is 8.48. The Bertz CT molecular complexity index is 314. The van der Waals surface area contributed by atoms with E-state index >= 15 is 0 Å². The SMILES string of the molecule is Cc1cnccc1N1CCCC1CO. The number of aromatic nitrogens is 1. The van der Waals surface area contributed by atoms with Gasteiger partial charge >= 0.3 is 0 Å². The van der Waals surface area contributed by atoms with Crippen molar-refractivity contribution in [1.82, 2.24) is 4.98 Å². The molecule has 0 aromatic carbocycles. The highest BCUT2D eigenvalue weighted by atomic mass is 16.3. The minimum Gasteiger partial charge on any atom is -0.394 e. The summed E-state index contributed by atoms with van der Waals surface area (Å²) in [4.78, 5) is 6.37. The molecular formula is C11H16N2O. The minimum absolute atomic E-state index is 0.252. The first kappa shape index (κ1) is 9.46. The summed E-state index contributed by atoms with van der Waals surface area (Å²) in [6, 6.07) is 2.33. The van der Waals surface area contributed by atoms with Gasteiger partial charge in [-0.3, -0.25) is 4.98 Å². The molecular weight excluding hydrogens is 176 g/mol. The lowest BCUT2D eigenvalue weighted by Gasteiger charge is -2.26. The third kappa shape index (κ3) is 1.60. The summed E-state index contributed by atoms with van der Waals surface area (Å²) in [6.45, 7) is 3.37. The number of rotatable bonds is 2. The maximum absolute atomic E-state index is 9.23. The van der Waals surface area contributed by atoms with Crippen molar-refractivity contribution in [2.24, 2.45) is 0 Å². The molecule has 1 atom stereocenters. The van der Waals surface area contributed by atoms with Crippen LogP contribution < -0.4 is 4.90 Å². The molecule has 3 nitrogen and oxygen atoms in total. The summed E-state index contributed by atoms with van der Waals surface area (Å²) in [7, 11) is 0. The van der Waals surface area contributed by atoms with E-state index in [9.17, 15) is 5.11 Å². The fourth-order valence-electron chi connectivity index (χ4n) is 2.13. The van der Waals surface area contributed by atoms with Gasteiger partial charge in [0, 0.05) is 24.6 Å². The fourth-order valence-corrected chi connectivity index (χ4v) is 2.13. The second-order valence-corrected chi connectivity index (χ2v) is 3.83. The summed E-state index contributed by atoms with van der Waals surface area (Å²) in [5.74, 6) is 0. The van der Waals surface area contributed by atoms with E-state index in [1.165, 1.54) is 17.7 Å². The van der Waals surface area contributed by atoms with Gasteiger partial charge in [0.15, 0.2) is 0 Å². The van der Waals surface area contributed by atoms with Crippen LogP contribution in [0.25, 0.3) is 0 Å². The Hall–Kier alpha value is -1.09. The zero-order chi connectivity index (χ0) is 9.97. The number of hydrogen-bond acceptors (Lipinski definition) is 3. The molecule has 1 N–H and O–H groups in total. The van der Waals surface area contributed by atoms with Crippen LogP contribution in [0.15, 0.2) is 18.5 Å². The van der Waals surface area contributed by atoms with Crippen LogP contribution in [0.3, 0.4) is 0 Å². The number of anilines is 1. The highest BCUT2D eigenvalue weighted by Gasteiger charge is 2.24. The zero-order valence-electron chi connectivity index (χ0n) is 8.48. The van der Waals surface area contributed by atoms with Crippen LogP contribution in [-0.4, -0.2) is 29.3 Å². The van der Waals surface area contributed by atoms with Gasteiger partial charge in [0.25, 0.3) is 0 Å². The van der Waals surface area contributed by atoms with Crippen molar-refractivity contribution in [3.63, 3.8) is 0 Å². The van der Waals surface area contributed by atoms with Gasteiger partial charge in [-0.25, -0.2) is 0 Å². The average molecular weight is 192 g/mol. The molecule has 2 heterocycles. The number of aryl methyl sites for hydroxylation is 1. The Balaban J connectivity index is 2.26. The molecule has 0 radical (unpaired) electrons. The van der Waals surface area contributed by atoms with Gasteiger partial charge in [-0.15, -0.1) is 0 Å².